The van der Waals surface area contributed by atoms with Crippen molar-refractivity contribution in [2.45, 2.75) is 19.4 Å². The van der Waals surface area contributed by atoms with Crippen molar-refractivity contribution in [3.8, 4) is 0 Å². The number of thiazole rings is 1. The maximum Gasteiger partial charge on any atom is 0.220 e. The van der Waals surface area contributed by atoms with E-state index in [1.165, 1.54) is 14.6 Å². The molecule has 1 aliphatic rings. The molecular formula is C14H18N3OS+. The first kappa shape index (κ1) is 12.6. The lowest BCUT2D eigenvalue weighted by Gasteiger charge is -2.26. The van der Waals surface area contributed by atoms with Crippen LogP contribution in [0.1, 0.15) is 17.8 Å². The molecule has 0 bridgehead atoms. The molecular weight excluding hydrogens is 258 g/mol. The van der Waals surface area contributed by atoms with E-state index in [9.17, 15) is 4.79 Å². The van der Waals surface area contributed by atoms with Gasteiger partial charge in [0.1, 0.15) is 11.6 Å². The van der Waals surface area contributed by atoms with Gasteiger partial charge < -0.3 is 10.6 Å². The van der Waals surface area contributed by atoms with E-state index in [0.717, 1.165) is 38.0 Å². The maximum absolute atomic E-state index is 11.1. The van der Waals surface area contributed by atoms with Crippen molar-refractivity contribution in [1.29, 1.82) is 0 Å². The van der Waals surface area contributed by atoms with Gasteiger partial charge in [0.15, 0.2) is 0 Å². The molecule has 100 valence electrons. The fraction of sp³-hybridized carbons (Fsp3) is 0.429. The minimum Gasteiger partial charge on any atom is -0.369 e. The summed E-state index contributed by atoms with van der Waals surface area (Å²) in [7, 11) is 0. The van der Waals surface area contributed by atoms with Crippen LogP contribution in [0, 0.1) is 5.92 Å². The number of nitrogens with two attached hydrogens (primary N) is 1. The van der Waals surface area contributed by atoms with Crippen LogP contribution >= 0.6 is 11.3 Å². The van der Waals surface area contributed by atoms with Crippen molar-refractivity contribution in [3.63, 3.8) is 0 Å². The van der Waals surface area contributed by atoms with E-state index in [1.54, 1.807) is 11.3 Å². The summed E-state index contributed by atoms with van der Waals surface area (Å²) in [6, 6.07) is 8.25. The second kappa shape index (κ2) is 5.27. The van der Waals surface area contributed by atoms with E-state index in [0.29, 0.717) is 0 Å². The third-order valence-electron chi connectivity index (χ3n) is 3.83. The smallest absolute Gasteiger partial charge is 0.220 e. The van der Waals surface area contributed by atoms with Crippen LogP contribution in [0.3, 0.4) is 0 Å². The molecule has 3 N–H and O–H groups in total. The zero-order chi connectivity index (χ0) is 13.2. The van der Waals surface area contributed by atoms with E-state index in [1.807, 2.05) is 6.07 Å². The lowest BCUT2D eigenvalue weighted by molar-refractivity contribution is -0.919. The molecule has 0 atom stereocenters. The van der Waals surface area contributed by atoms with Gasteiger partial charge in [-0.2, -0.15) is 0 Å². The number of piperidine rings is 1. The van der Waals surface area contributed by atoms with Crippen LogP contribution in [0.5, 0.6) is 0 Å². The minimum atomic E-state index is -0.140. The van der Waals surface area contributed by atoms with Crippen molar-refractivity contribution in [1.82, 2.24) is 4.98 Å². The Balaban J connectivity index is 1.64. The molecule has 2 heterocycles. The molecule has 19 heavy (non-hydrogen) atoms. The first-order chi connectivity index (χ1) is 9.22. The minimum absolute atomic E-state index is 0.0825. The standard InChI is InChI=1S/C14H17N3OS/c15-14(18)10-5-7-17(8-6-10)9-13-16-11-3-1-2-4-12(11)19-13/h1-4,10H,5-9H2,(H2,15,18)/p+1. The highest BCUT2D eigenvalue weighted by Crippen LogP contribution is 2.21. The maximum atomic E-state index is 11.1. The molecule has 3 rings (SSSR count). The summed E-state index contributed by atoms with van der Waals surface area (Å²) < 4.78 is 1.25. The van der Waals surface area contributed by atoms with Crippen molar-refractivity contribution in [2.24, 2.45) is 11.7 Å². The van der Waals surface area contributed by atoms with Gasteiger partial charge in [-0.1, -0.05) is 12.1 Å². The van der Waals surface area contributed by atoms with Crippen LogP contribution in [0.15, 0.2) is 24.3 Å². The highest BCUT2D eigenvalue weighted by Gasteiger charge is 2.26. The summed E-state index contributed by atoms with van der Waals surface area (Å²) in [5, 5.41) is 1.19. The number of benzene rings is 1. The lowest BCUT2D eigenvalue weighted by Crippen LogP contribution is -3.11. The molecule has 4 nitrogen and oxygen atoms in total. The van der Waals surface area contributed by atoms with Crippen LogP contribution in [-0.4, -0.2) is 24.0 Å². The highest BCUT2D eigenvalue weighted by molar-refractivity contribution is 7.18. The summed E-state index contributed by atoms with van der Waals surface area (Å²) in [6.07, 6.45) is 1.82. The lowest BCUT2D eigenvalue weighted by atomic mass is 9.96. The SMILES string of the molecule is NC(=O)C1CC[NH+](Cc2nc3ccccc3s2)CC1. The Labute approximate surface area is 116 Å². The Bertz CT molecular complexity index is 554. The molecule has 1 aromatic carbocycles. The third kappa shape index (κ3) is 2.77. The topological polar surface area (TPSA) is 60.4 Å². The highest BCUT2D eigenvalue weighted by atomic mass is 32.1. The second-order valence-corrected chi connectivity index (χ2v) is 6.29. The van der Waals surface area contributed by atoms with Crippen molar-refractivity contribution in [2.75, 3.05) is 13.1 Å². The van der Waals surface area contributed by atoms with Crippen LogP contribution in [-0.2, 0) is 11.3 Å². The zero-order valence-electron chi connectivity index (χ0n) is 10.8. The molecule has 0 saturated carbocycles. The number of hydrogen-bond acceptors (Lipinski definition) is 3. The number of carbonyl (C=O) groups excluding carboxylic acids is 1. The van der Waals surface area contributed by atoms with E-state index in [4.69, 9.17) is 5.73 Å². The van der Waals surface area contributed by atoms with Gasteiger partial charge in [-0.25, -0.2) is 4.98 Å². The number of amides is 1. The first-order valence-corrected chi connectivity index (χ1v) is 7.51. The third-order valence-corrected chi connectivity index (χ3v) is 4.87. The van der Waals surface area contributed by atoms with Gasteiger partial charge in [-0.15, -0.1) is 11.3 Å². The largest absolute Gasteiger partial charge is 0.369 e. The molecule has 0 aliphatic carbocycles. The molecule has 1 saturated heterocycles. The van der Waals surface area contributed by atoms with Crippen LogP contribution < -0.4 is 10.6 Å². The fourth-order valence-corrected chi connectivity index (χ4v) is 3.74. The molecule has 0 radical (unpaired) electrons. The average molecular weight is 276 g/mol. The molecule has 5 heteroatoms. The van der Waals surface area contributed by atoms with Gasteiger partial charge >= 0.3 is 0 Å². The number of para-hydroxylation sites is 1. The predicted octanol–water partition coefficient (Wildman–Crippen LogP) is 0.577. The Morgan fingerprint density at radius 3 is 2.79 bits per heavy atom. The Kier molecular flexibility index (Phi) is 3.48. The number of fused-ring (bicyclic) bond motifs is 1. The van der Waals surface area contributed by atoms with Gasteiger partial charge in [0, 0.05) is 18.8 Å². The van der Waals surface area contributed by atoms with E-state index < -0.39 is 0 Å². The summed E-state index contributed by atoms with van der Waals surface area (Å²) >= 11 is 1.77. The monoisotopic (exact) mass is 276 g/mol. The average Bonchev–Trinajstić information content (AvgIpc) is 2.81. The van der Waals surface area contributed by atoms with Crippen molar-refractivity contribution >= 4 is 27.5 Å². The molecule has 1 amide bonds. The van der Waals surface area contributed by atoms with E-state index in [-0.39, 0.29) is 11.8 Å². The summed E-state index contributed by atoms with van der Waals surface area (Å²) in [5.74, 6) is -0.0573. The normalized spacial score (nSPS) is 23.6. The van der Waals surface area contributed by atoms with Gasteiger partial charge in [-0.3, -0.25) is 4.79 Å². The predicted molar refractivity (Wildman–Crippen MR) is 75.9 cm³/mol. The zero-order valence-corrected chi connectivity index (χ0v) is 11.6. The van der Waals surface area contributed by atoms with Crippen LogP contribution in [0.4, 0.5) is 0 Å². The molecule has 1 fully saturated rings. The van der Waals surface area contributed by atoms with Gasteiger partial charge in [-0.05, 0) is 12.1 Å². The number of primary amides is 1. The number of carbonyl (C=O) groups is 1. The number of quaternary nitrogens is 1. The molecule has 0 spiro atoms. The number of hydrogen-bond donors (Lipinski definition) is 2. The Morgan fingerprint density at radius 1 is 1.37 bits per heavy atom. The molecule has 1 aromatic heterocycles. The number of aromatic nitrogens is 1. The van der Waals surface area contributed by atoms with Gasteiger partial charge in [0.05, 0.1) is 23.3 Å². The summed E-state index contributed by atoms with van der Waals surface area (Å²) in [4.78, 5) is 17.3. The Hall–Kier alpha value is -1.46. The summed E-state index contributed by atoms with van der Waals surface area (Å²) in [6.45, 7) is 3.00. The van der Waals surface area contributed by atoms with Crippen LogP contribution in [0.25, 0.3) is 10.2 Å². The second-order valence-electron chi connectivity index (χ2n) is 5.18. The first-order valence-electron chi connectivity index (χ1n) is 6.69. The fourth-order valence-electron chi connectivity index (χ4n) is 2.70. The quantitative estimate of drug-likeness (QED) is 0.861. The van der Waals surface area contributed by atoms with Gasteiger partial charge in [0.2, 0.25) is 5.91 Å². The van der Waals surface area contributed by atoms with Crippen molar-refractivity contribution < 1.29 is 9.69 Å². The molecule has 0 unspecified atom stereocenters. The van der Waals surface area contributed by atoms with Crippen molar-refractivity contribution in [3.05, 3.63) is 29.3 Å². The number of rotatable bonds is 3. The molecule has 2 aromatic rings. The van der Waals surface area contributed by atoms with Gasteiger partial charge in [0.25, 0.3) is 0 Å². The summed E-state index contributed by atoms with van der Waals surface area (Å²) in [5.41, 5.74) is 6.45. The number of likely N-dealkylation sites (tertiary alicyclic amines) is 1. The number of nitrogens with zero attached hydrogens (tertiary/aromatic N) is 1. The number of nitrogens with one attached hydrogen (secondary N) is 1. The van der Waals surface area contributed by atoms with E-state index >= 15 is 0 Å². The van der Waals surface area contributed by atoms with Crippen LogP contribution in [0.2, 0.25) is 0 Å². The Morgan fingerprint density at radius 2 is 2.11 bits per heavy atom. The van der Waals surface area contributed by atoms with E-state index in [2.05, 4.69) is 23.2 Å². The molecule has 1 aliphatic heterocycles.